The van der Waals surface area contributed by atoms with Gasteiger partial charge in [-0.05, 0) is 48.4 Å². The Labute approximate surface area is 229 Å². The molecule has 1 aliphatic heterocycles. The van der Waals surface area contributed by atoms with Crippen LogP contribution in [-0.4, -0.2) is 45.9 Å². The normalized spacial score (nSPS) is 16.2. The monoisotopic (exact) mass is 550 g/mol. The SMILES string of the molecule is CC(=Nc1ccc(CN2CCC(OC(=O)C(F)(F)F)(c3ccccc3)CC2)cc1)c1c(O)[nH]c2ccc(N)cc12. The van der Waals surface area contributed by atoms with Gasteiger partial charge in [-0.15, -0.1) is 0 Å². The number of aromatic hydroxyl groups is 1. The van der Waals surface area contributed by atoms with Crippen molar-refractivity contribution in [3.05, 3.63) is 89.5 Å². The quantitative estimate of drug-likeness (QED) is 0.151. The molecule has 0 bridgehead atoms. The van der Waals surface area contributed by atoms with Crippen LogP contribution in [0.4, 0.5) is 24.5 Å². The largest absolute Gasteiger partial charge is 0.494 e. The third-order valence-corrected chi connectivity index (χ3v) is 7.29. The van der Waals surface area contributed by atoms with Crippen molar-refractivity contribution in [1.82, 2.24) is 9.88 Å². The number of nitrogens with one attached hydrogen (secondary N) is 1. The Balaban J connectivity index is 1.27. The number of aromatic nitrogens is 1. The van der Waals surface area contributed by atoms with E-state index in [0.29, 0.717) is 47.8 Å². The van der Waals surface area contributed by atoms with Crippen LogP contribution in [0.2, 0.25) is 0 Å². The number of fused-ring (bicyclic) bond motifs is 1. The number of piperidine rings is 1. The number of carbonyl (C=O) groups is 1. The van der Waals surface area contributed by atoms with Crippen molar-refractivity contribution in [3.8, 4) is 5.88 Å². The number of hydrogen-bond donors (Lipinski definition) is 3. The highest BCUT2D eigenvalue weighted by molar-refractivity contribution is 6.13. The zero-order valence-electron chi connectivity index (χ0n) is 21.8. The molecule has 0 unspecified atom stereocenters. The van der Waals surface area contributed by atoms with E-state index in [1.165, 1.54) is 0 Å². The summed E-state index contributed by atoms with van der Waals surface area (Å²) in [5.41, 5.74) is 9.45. The molecule has 4 N–H and O–H groups in total. The van der Waals surface area contributed by atoms with E-state index in [1.54, 1.807) is 48.5 Å². The first-order chi connectivity index (χ1) is 19.0. The third-order valence-electron chi connectivity index (χ3n) is 7.29. The molecule has 5 rings (SSSR count). The molecule has 7 nitrogen and oxygen atoms in total. The number of likely N-dealkylation sites (tertiary alicyclic amines) is 1. The number of alkyl halides is 3. The van der Waals surface area contributed by atoms with Crippen LogP contribution in [-0.2, 0) is 21.7 Å². The van der Waals surface area contributed by atoms with Crippen LogP contribution in [0.3, 0.4) is 0 Å². The molecular formula is C30H29F3N4O3. The van der Waals surface area contributed by atoms with Crippen LogP contribution in [0.25, 0.3) is 10.9 Å². The van der Waals surface area contributed by atoms with E-state index in [2.05, 4.69) is 14.9 Å². The Hall–Kier alpha value is -4.31. The Morgan fingerprint density at radius 1 is 1.07 bits per heavy atom. The number of aliphatic imine (C=N–C) groups is 1. The van der Waals surface area contributed by atoms with Crippen molar-refractivity contribution < 1.29 is 27.8 Å². The first-order valence-corrected chi connectivity index (χ1v) is 12.9. The van der Waals surface area contributed by atoms with Crippen LogP contribution in [0.15, 0.2) is 77.8 Å². The number of anilines is 1. The number of H-pyrrole nitrogens is 1. The number of halogens is 3. The van der Waals surface area contributed by atoms with E-state index < -0.39 is 17.7 Å². The maximum atomic E-state index is 13.0. The predicted octanol–water partition coefficient (Wildman–Crippen LogP) is 6.19. The van der Waals surface area contributed by atoms with Gasteiger partial charge in [0.15, 0.2) is 5.88 Å². The summed E-state index contributed by atoms with van der Waals surface area (Å²) in [6, 6.07) is 21.6. The van der Waals surface area contributed by atoms with Crippen LogP contribution in [0.1, 0.15) is 36.5 Å². The molecule has 1 aliphatic rings. The molecule has 0 spiro atoms. The molecular weight excluding hydrogens is 521 g/mol. The van der Waals surface area contributed by atoms with Gasteiger partial charge in [0.2, 0.25) is 0 Å². The zero-order valence-corrected chi connectivity index (χ0v) is 21.8. The molecule has 10 heteroatoms. The van der Waals surface area contributed by atoms with Crippen molar-refractivity contribution in [2.24, 2.45) is 4.99 Å². The molecule has 0 atom stereocenters. The van der Waals surface area contributed by atoms with E-state index in [9.17, 15) is 23.1 Å². The topological polar surface area (TPSA) is 104 Å². The Kier molecular flexibility index (Phi) is 7.29. The van der Waals surface area contributed by atoms with Gasteiger partial charge in [-0.25, -0.2) is 4.79 Å². The minimum absolute atomic E-state index is 0.0241. The standard InChI is InChI=1S/C30H29F3N4O3/c1-19(26-24-17-22(34)9-12-25(24)36-27(26)38)35-23-10-7-20(8-11-23)18-37-15-13-29(14-16-37,21-5-3-2-4-6-21)40-28(39)30(31,32)33/h2-12,17,36,38H,13-16,18,34H2,1H3. The fraction of sp³-hybridized carbons (Fsp3) is 0.267. The number of hydrogen-bond acceptors (Lipinski definition) is 6. The van der Waals surface area contributed by atoms with Gasteiger partial charge in [-0.3, -0.25) is 9.89 Å². The van der Waals surface area contributed by atoms with Gasteiger partial charge in [0.1, 0.15) is 5.60 Å². The fourth-order valence-electron chi connectivity index (χ4n) is 5.24. The Morgan fingerprint density at radius 2 is 1.75 bits per heavy atom. The molecule has 1 fully saturated rings. The number of benzene rings is 3. The lowest BCUT2D eigenvalue weighted by atomic mass is 9.84. The summed E-state index contributed by atoms with van der Waals surface area (Å²) in [7, 11) is 0. The first kappa shape index (κ1) is 27.3. The van der Waals surface area contributed by atoms with Gasteiger partial charge in [0.05, 0.1) is 17.0 Å². The summed E-state index contributed by atoms with van der Waals surface area (Å²) >= 11 is 0. The van der Waals surface area contributed by atoms with Crippen molar-refractivity contribution in [2.45, 2.75) is 38.1 Å². The summed E-state index contributed by atoms with van der Waals surface area (Å²) in [4.78, 5) is 21.5. The number of nitrogen functional groups attached to an aromatic ring is 1. The van der Waals surface area contributed by atoms with Crippen molar-refractivity contribution in [3.63, 3.8) is 0 Å². The molecule has 0 amide bonds. The third kappa shape index (κ3) is 5.67. The van der Waals surface area contributed by atoms with Gasteiger partial charge < -0.3 is 20.6 Å². The number of aromatic amines is 1. The Bertz CT molecular complexity index is 1540. The molecule has 0 radical (unpaired) electrons. The molecule has 1 aromatic heterocycles. The van der Waals surface area contributed by atoms with Gasteiger partial charge in [-0.2, -0.15) is 13.2 Å². The van der Waals surface area contributed by atoms with Gasteiger partial charge in [-0.1, -0.05) is 42.5 Å². The average molecular weight is 551 g/mol. The second-order valence-electron chi connectivity index (χ2n) is 10.0. The number of ether oxygens (including phenoxy) is 1. The van der Waals surface area contributed by atoms with Gasteiger partial charge >= 0.3 is 12.1 Å². The van der Waals surface area contributed by atoms with E-state index in [4.69, 9.17) is 10.5 Å². The number of carbonyl (C=O) groups excluding carboxylic acids is 1. The maximum absolute atomic E-state index is 13.0. The highest BCUT2D eigenvalue weighted by atomic mass is 19.4. The van der Waals surface area contributed by atoms with Crippen LogP contribution >= 0.6 is 0 Å². The second-order valence-corrected chi connectivity index (χ2v) is 10.0. The minimum atomic E-state index is -5.05. The molecule has 0 saturated carbocycles. The van der Waals surface area contributed by atoms with Gasteiger partial charge in [0.25, 0.3) is 0 Å². The zero-order chi connectivity index (χ0) is 28.5. The lowest BCUT2D eigenvalue weighted by Gasteiger charge is -2.41. The molecule has 3 aromatic carbocycles. The van der Waals surface area contributed by atoms with E-state index in [-0.39, 0.29) is 18.7 Å². The van der Waals surface area contributed by atoms with Gasteiger partial charge in [0, 0.05) is 49.1 Å². The van der Waals surface area contributed by atoms with E-state index in [1.807, 2.05) is 31.2 Å². The molecule has 0 aliphatic carbocycles. The van der Waals surface area contributed by atoms with E-state index >= 15 is 0 Å². The lowest BCUT2D eigenvalue weighted by molar-refractivity contribution is -0.219. The minimum Gasteiger partial charge on any atom is -0.494 e. The lowest BCUT2D eigenvalue weighted by Crippen LogP contribution is -2.46. The van der Waals surface area contributed by atoms with Crippen molar-refractivity contribution >= 4 is 34.0 Å². The van der Waals surface area contributed by atoms with E-state index in [0.717, 1.165) is 16.5 Å². The molecule has 208 valence electrons. The smallest absolute Gasteiger partial charge is 0.490 e. The van der Waals surface area contributed by atoms with Crippen molar-refractivity contribution in [1.29, 1.82) is 0 Å². The number of rotatable bonds is 6. The number of esters is 1. The summed E-state index contributed by atoms with van der Waals surface area (Å²) in [5, 5.41) is 11.2. The molecule has 1 saturated heterocycles. The second kappa shape index (κ2) is 10.7. The number of nitrogens with zero attached hydrogens (tertiary/aromatic N) is 2. The molecule has 40 heavy (non-hydrogen) atoms. The average Bonchev–Trinajstić information content (AvgIpc) is 3.25. The Morgan fingerprint density at radius 3 is 2.40 bits per heavy atom. The van der Waals surface area contributed by atoms with Crippen molar-refractivity contribution in [2.75, 3.05) is 18.8 Å². The first-order valence-electron chi connectivity index (χ1n) is 12.9. The molecule has 4 aromatic rings. The van der Waals surface area contributed by atoms with Crippen LogP contribution in [0.5, 0.6) is 5.88 Å². The maximum Gasteiger partial charge on any atom is 0.490 e. The highest BCUT2D eigenvalue weighted by Crippen LogP contribution is 2.39. The number of nitrogens with two attached hydrogens (primary N) is 1. The molecule has 2 heterocycles. The summed E-state index contributed by atoms with van der Waals surface area (Å²) in [6.07, 6.45) is -4.56. The summed E-state index contributed by atoms with van der Waals surface area (Å²) in [5.74, 6) is -2.14. The van der Waals surface area contributed by atoms with Crippen LogP contribution in [0, 0.1) is 0 Å². The highest BCUT2D eigenvalue weighted by Gasteiger charge is 2.48. The predicted molar refractivity (Wildman–Crippen MR) is 147 cm³/mol. The summed E-state index contributed by atoms with van der Waals surface area (Å²) in [6.45, 7) is 3.32. The summed E-state index contributed by atoms with van der Waals surface area (Å²) < 4.78 is 44.2. The van der Waals surface area contributed by atoms with Crippen LogP contribution < -0.4 is 5.73 Å². The fourth-order valence-corrected chi connectivity index (χ4v) is 5.24.